The highest BCUT2D eigenvalue weighted by molar-refractivity contribution is 5.74. The second-order valence-corrected chi connectivity index (χ2v) is 7.68. The van der Waals surface area contributed by atoms with Crippen LogP contribution >= 0.6 is 0 Å². The predicted octanol–water partition coefficient (Wildman–Crippen LogP) is 2.56. The van der Waals surface area contributed by atoms with Gasteiger partial charge in [0.1, 0.15) is 5.52 Å². The van der Waals surface area contributed by atoms with Gasteiger partial charge in [-0.25, -0.2) is 15.0 Å². The number of H-pyrrole nitrogens is 1. The number of aryl methyl sites for hydroxylation is 1. The van der Waals surface area contributed by atoms with E-state index in [4.69, 9.17) is 4.42 Å². The number of anilines is 3. The van der Waals surface area contributed by atoms with E-state index in [0.717, 1.165) is 38.4 Å². The van der Waals surface area contributed by atoms with Gasteiger partial charge in [-0.3, -0.25) is 15.1 Å². The Morgan fingerprint density at radius 2 is 1.94 bits per heavy atom. The average molecular weight is 432 g/mol. The Kier molecular flexibility index (Phi) is 5.28. The van der Waals surface area contributed by atoms with E-state index in [2.05, 4.69) is 47.0 Å². The molecule has 0 aliphatic carbocycles. The number of hydrogen-bond donors (Lipinski definition) is 2. The fourth-order valence-electron chi connectivity index (χ4n) is 3.80. The maximum Gasteiger partial charge on any atom is 0.302 e. The first-order chi connectivity index (χ1) is 15.6. The molecule has 1 aliphatic rings. The number of fused-ring (bicyclic) bond motifs is 1. The molecule has 1 fully saturated rings. The van der Waals surface area contributed by atoms with Crippen molar-refractivity contribution in [2.75, 3.05) is 42.9 Å². The number of aromatic amines is 1. The highest BCUT2D eigenvalue weighted by Crippen LogP contribution is 2.24. The fourth-order valence-corrected chi connectivity index (χ4v) is 3.80. The van der Waals surface area contributed by atoms with Gasteiger partial charge in [-0.15, -0.1) is 0 Å². The molecule has 1 saturated heterocycles. The van der Waals surface area contributed by atoms with Crippen LogP contribution in [0.4, 0.5) is 17.9 Å². The third-order valence-electron chi connectivity index (χ3n) is 5.61. The summed E-state index contributed by atoms with van der Waals surface area (Å²) >= 11 is 0. The van der Waals surface area contributed by atoms with E-state index in [-0.39, 0.29) is 17.5 Å². The molecule has 4 heterocycles. The molecule has 1 aliphatic heterocycles. The van der Waals surface area contributed by atoms with Crippen molar-refractivity contribution in [3.8, 4) is 11.3 Å². The Labute approximate surface area is 184 Å². The van der Waals surface area contributed by atoms with Gasteiger partial charge in [-0.2, -0.15) is 4.98 Å². The van der Waals surface area contributed by atoms with Crippen molar-refractivity contribution in [3.63, 3.8) is 0 Å². The third kappa shape index (κ3) is 4.04. The van der Waals surface area contributed by atoms with E-state index in [9.17, 15) is 4.79 Å². The van der Waals surface area contributed by atoms with Gasteiger partial charge < -0.3 is 14.2 Å². The number of oxazole rings is 1. The summed E-state index contributed by atoms with van der Waals surface area (Å²) in [5.74, 6) is 0.940. The van der Waals surface area contributed by atoms with Crippen molar-refractivity contribution >= 4 is 29.0 Å². The van der Waals surface area contributed by atoms with Crippen molar-refractivity contribution in [2.24, 2.45) is 0 Å². The number of piperazine rings is 1. The van der Waals surface area contributed by atoms with E-state index in [1.165, 1.54) is 6.07 Å². The zero-order valence-electron chi connectivity index (χ0n) is 18.0. The number of para-hydroxylation sites is 2. The normalized spacial score (nSPS) is 14.8. The second kappa shape index (κ2) is 8.39. The van der Waals surface area contributed by atoms with E-state index in [0.29, 0.717) is 28.3 Å². The van der Waals surface area contributed by atoms with Crippen LogP contribution in [0.15, 0.2) is 45.7 Å². The van der Waals surface area contributed by atoms with Gasteiger partial charge in [0.05, 0.1) is 11.4 Å². The largest absolute Gasteiger partial charge is 0.423 e. The average Bonchev–Trinajstić information content (AvgIpc) is 3.21. The molecule has 164 valence electrons. The van der Waals surface area contributed by atoms with Crippen LogP contribution in [0, 0.1) is 6.92 Å². The molecule has 3 aromatic heterocycles. The lowest BCUT2D eigenvalue weighted by atomic mass is 10.2. The number of hydrogen-bond acceptors (Lipinski definition) is 9. The SMILES string of the molecule is CCN1CCN(c2ncc(-c3cc(=O)[nH]c(Nc4nc5ccccc5o4)n3)c(C)n2)CC1. The van der Waals surface area contributed by atoms with Gasteiger partial charge in [-0.1, -0.05) is 19.1 Å². The predicted molar refractivity (Wildman–Crippen MR) is 122 cm³/mol. The second-order valence-electron chi connectivity index (χ2n) is 7.68. The molecule has 5 rings (SSSR count). The van der Waals surface area contributed by atoms with E-state index in [1.807, 2.05) is 31.2 Å². The first kappa shape index (κ1) is 20.1. The number of aromatic nitrogens is 5. The number of benzene rings is 1. The van der Waals surface area contributed by atoms with Gasteiger partial charge in [0.15, 0.2) is 5.58 Å². The molecule has 0 radical (unpaired) electrons. The van der Waals surface area contributed by atoms with Gasteiger partial charge in [-0.05, 0) is 25.6 Å². The van der Waals surface area contributed by atoms with Crippen molar-refractivity contribution in [3.05, 3.63) is 52.6 Å². The highest BCUT2D eigenvalue weighted by atomic mass is 16.4. The fraction of sp³-hybridized carbons (Fsp3) is 0.318. The lowest BCUT2D eigenvalue weighted by Crippen LogP contribution is -2.46. The summed E-state index contributed by atoms with van der Waals surface area (Å²) < 4.78 is 5.66. The lowest BCUT2D eigenvalue weighted by molar-refractivity contribution is 0.270. The molecule has 0 unspecified atom stereocenters. The highest BCUT2D eigenvalue weighted by Gasteiger charge is 2.19. The molecule has 10 nitrogen and oxygen atoms in total. The van der Waals surface area contributed by atoms with Gasteiger partial charge >= 0.3 is 6.01 Å². The van der Waals surface area contributed by atoms with Crippen LogP contribution in [-0.4, -0.2) is 62.5 Å². The molecular formula is C22H24N8O2. The molecule has 0 bridgehead atoms. The first-order valence-corrected chi connectivity index (χ1v) is 10.6. The maximum absolute atomic E-state index is 12.3. The number of nitrogens with zero attached hydrogens (tertiary/aromatic N) is 6. The van der Waals surface area contributed by atoms with Crippen LogP contribution in [-0.2, 0) is 0 Å². The minimum atomic E-state index is -0.298. The van der Waals surface area contributed by atoms with Gasteiger partial charge in [0.2, 0.25) is 11.9 Å². The minimum absolute atomic E-state index is 0.234. The summed E-state index contributed by atoms with van der Waals surface area (Å²) in [6, 6.07) is 9.11. The molecule has 0 saturated carbocycles. The Bertz CT molecular complexity index is 1270. The molecule has 32 heavy (non-hydrogen) atoms. The number of likely N-dealkylation sites (N-methyl/N-ethyl adjacent to an activating group) is 1. The number of rotatable bonds is 5. The zero-order chi connectivity index (χ0) is 22.1. The molecule has 2 N–H and O–H groups in total. The van der Waals surface area contributed by atoms with Crippen molar-refractivity contribution in [1.29, 1.82) is 0 Å². The summed E-state index contributed by atoms with van der Waals surface area (Å²) in [4.78, 5) is 37.7. The van der Waals surface area contributed by atoms with Crippen LogP contribution in [0.3, 0.4) is 0 Å². The monoisotopic (exact) mass is 432 g/mol. The summed E-state index contributed by atoms with van der Waals surface area (Å²) in [7, 11) is 0. The van der Waals surface area contributed by atoms with Crippen LogP contribution < -0.4 is 15.8 Å². The number of nitrogens with one attached hydrogen (secondary N) is 2. The summed E-state index contributed by atoms with van der Waals surface area (Å²) in [6.07, 6.45) is 1.73. The Morgan fingerprint density at radius 1 is 1.12 bits per heavy atom. The van der Waals surface area contributed by atoms with Crippen LogP contribution in [0.5, 0.6) is 0 Å². The first-order valence-electron chi connectivity index (χ1n) is 10.6. The van der Waals surface area contributed by atoms with Gasteiger partial charge in [0, 0.05) is 44.0 Å². The zero-order valence-corrected chi connectivity index (χ0v) is 18.0. The lowest BCUT2D eigenvalue weighted by Gasteiger charge is -2.34. The van der Waals surface area contributed by atoms with E-state index >= 15 is 0 Å². The van der Waals surface area contributed by atoms with Crippen molar-refractivity contribution in [1.82, 2.24) is 29.8 Å². The van der Waals surface area contributed by atoms with E-state index in [1.54, 1.807) is 6.20 Å². The quantitative estimate of drug-likeness (QED) is 0.491. The topological polar surface area (TPSA) is 116 Å². The molecule has 0 amide bonds. The smallest absolute Gasteiger partial charge is 0.302 e. The molecule has 0 atom stereocenters. The Morgan fingerprint density at radius 3 is 2.69 bits per heavy atom. The Balaban J connectivity index is 1.40. The molecule has 10 heteroatoms. The Hall–Kier alpha value is -3.79. The standard InChI is InChI=1S/C22H24N8O2/c1-3-29-8-10-30(11-9-29)21-23-13-15(14(2)24-21)17-12-19(31)27-20(25-17)28-22-26-16-6-4-5-7-18(16)32-22/h4-7,12-13H,3,8-11H2,1-2H3,(H2,25,26,27,28,31). The van der Waals surface area contributed by atoms with E-state index < -0.39 is 0 Å². The molecule has 4 aromatic rings. The van der Waals surface area contributed by atoms with Crippen molar-refractivity contribution in [2.45, 2.75) is 13.8 Å². The maximum atomic E-state index is 12.3. The van der Waals surface area contributed by atoms with Crippen molar-refractivity contribution < 1.29 is 4.42 Å². The molecular weight excluding hydrogens is 408 g/mol. The van der Waals surface area contributed by atoms with Gasteiger partial charge in [0.25, 0.3) is 5.56 Å². The summed E-state index contributed by atoms with van der Waals surface area (Å²) in [5, 5.41) is 2.94. The van der Waals surface area contributed by atoms with Crippen LogP contribution in [0.25, 0.3) is 22.4 Å². The summed E-state index contributed by atoms with van der Waals surface area (Å²) in [5.41, 5.74) is 3.01. The van der Waals surface area contributed by atoms with Crippen LogP contribution in [0.1, 0.15) is 12.6 Å². The van der Waals surface area contributed by atoms with Crippen LogP contribution in [0.2, 0.25) is 0 Å². The molecule has 1 aromatic carbocycles. The molecule has 0 spiro atoms. The third-order valence-corrected chi connectivity index (χ3v) is 5.61. The summed E-state index contributed by atoms with van der Waals surface area (Å²) in [6.45, 7) is 8.93. The minimum Gasteiger partial charge on any atom is -0.423 e.